The van der Waals surface area contributed by atoms with Gasteiger partial charge in [-0.05, 0) is 75.7 Å². The molecule has 0 aliphatic carbocycles. The zero-order chi connectivity index (χ0) is 19.8. The Morgan fingerprint density at radius 1 is 1.04 bits per heavy atom. The number of hydrogen-bond acceptors (Lipinski definition) is 4. The third-order valence-corrected chi connectivity index (χ3v) is 3.77. The second-order valence-electron chi connectivity index (χ2n) is 6.02. The van der Waals surface area contributed by atoms with E-state index in [2.05, 4.69) is 6.58 Å². The standard InChI is InChI=1S/C23H26O4/c1-6-25-22-15-8-17(5)23(26-7-2)20(22)13-14-21(24)18-9-11-19(12-10-18)27-16(3)4/h8-15H,3,6-7H2,1-2,4-5H3/b14-13+. The van der Waals surface area contributed by atoms with Gasteiger partial charge in [0.25, 0.3) is 0 Å². The minimum absolute atomic E-state index is 0.108. The van der Waals surface area contributed by atoms with Gasteiger partial charge in [-0.15, -0.1) is 0 Å². The minimum atomic E-state index is -0.108. The first-order valence-corrected chi connectivity index (χ1v) is 9.01. The molecule has 0 aliphatic heterocycles. The fraction of sp³-hybridized carbons (Fsp3) is 0.261. The van der Waals surface area contributed by atoms with E-state index < -0.39 is 0 Å². The van der Waals surface area contributed by atoms with E-state index in [0.29, 0.717) is 36.0 Å². The van der Waals surface area contributed by atoms with Crippen molar-refractivity contribution >= 4 is 11.9 Å². The smallest absolute Gasteiger partial charge is 0.185 e. The van der Waals surface area contributed by atoms with Crippen molar-refractivity contribution in [3.8, 4) is 17.2 Å². The summed E-state index contributed by atoms with van der Waals surface area (Å²) >= 11 is 0. The number of ether oxygens (including phenoxy) is 3. The molecule has 4 nitrogen and oxygen atoms in total. The van der Waals surface area contributed by atoms with Gasteiger partial charge >= 0.3 is 0 Å². The van der Waals surface area contributed by atoms with Crippen molar-refractivity contribution < 1.29 is 19.0 Å². The molecule has 2 aromatic carbocycles. The van der Waals surface area contributed by atoms with Crippen LogP contribution in [0.4, 0.5) is 0 Å². The van der Waals surface area contributed by atoms with E-state index in [9.17, 15) is 4.79 Å². The van der Waals surface area contributed by atoms with Crippen LogP contribution in [0.2, 0.25) is 0 Å². The Labute approximate surface area is 161 Å². The molecule has 0 spiro atoms. The van der Waals surface area contributed by atoms with Crippen LogP contribution < -0.4 is 14.2 Å². The predicted molar refractivity (Wildman–Crippen MR) is 109 cm³/mol. The molecule has 0 radical (unpaired) electrons. The Bertz CT molecular complexity index is 832. The number of allylic oxidation sites excluding steroid dienone is 2. The van der Waals surface area contributed by atoms with Crippen LogP contribution in [-0.2, 0) is 0 Å². The molecule has 0 atom stereocenters. The first-order chi connectivity index (χ1) is 13.0. The van der Waals surface area contributed by atoms with E-state index in [1.54, 1.807) is 37.3 Å². The second-order valence-corrected chi connectivity index (χ2v) is 6.02. The van der Waals surface area contributed by atoms with Crippen molar-refractivity contribution in [2.45, 2.75) is 27.7 Å². The van der Waals surface area contributed by atoms with Crippen molar-refractivity contribution in [3.05, 3.63) is 71.5 Å². The average molecular weight is 366 g/mol. The Kier molecular flexibility index (Phi) is 7.24. The lowest BCUT2D eigenvalue weighted by molar-refractivity contribution is 0.104. The summed E-state index contributed by atoms with van der Waals surface area (Å²) in [6.45, 7) is 12.4. The fourth-order valence-electron chi connectivity index (χ4n) is 2.61. The Balaban J connectivity index is 2.29. The van der Waals surface area contributed by atoms with Crippen LogP contribution in [0, 0.1) is 6.92 Å². The molecule has 0 aromatic heterocycles. The molecule has 142 valence electrons. The summed E-state index contributed by atoms with van der Waals surface area (Å²) in [6, 6.07) is 10.8. The van der Waals surface area contributed by atoms with Gasteiger partial charge in [-0.3, -0.25) is 4.79 Å². The topological polar surface area (TPSA) is 44.8 Å². The third kappa shape index (κ3) is 5.48. The summed E-state index contributed by atoms with van der Waals surface area (Å²) < 4.78 is 16.9. The summed E-state index contributed by atoms with van der Waals surface area (Å²) in [7, 11) is 0. The van der Waals surface area contributed by atoms with E-state index in [1.807, 2.05) is 32.9 Å². The Morgan fingerprint density at radius 3 is 2.30 bits per heavy atom. The monoisotopic (exact) mass is 366 g/mol. The Morgan fingerprint density at radius 2 is 1.70 bits per heavy atom. The van der Waals surface area contributed by atoms with Crippen LogP contribution >= 0.6 is 0 Å². The molecule has 2 aromatic rings. The molecule has 0 N–H and O–H groups in total. The molecule has 0 amide bonds. The SMILES string of the molecule is C=C(C)Oc1ccc(C(=O)/C=C/c2c(OCC)ccc(C)c2OCC)cc1. The van der Waals surface area contributed by atoms with Gasteiger partial charge in [0, 0.05) is 5.56 Å². The maximum atomic E-state index is 12.5. The zero-order valence-corrected chi connectivity index (χ0v) is 16.4. The van der Waals surface area contributed by atoms with Crippen LogP contribution in [0.15, 0.2) is 54.8 Å². The highest BCUT2D eigenvalue weighted by molar-refractivity contribution is 6.07. The summed E-state index contributed by atoms with van der Waals surface area (Å²) in [5.41, 5.74) is 2.34. The van der Waals surface area contributed by atoms with Gasteiger partial charge in [-0.25, -0.2) is 0 Å². The number of ketones is 1. The van der Waals surface area contributed by atoms with Gasteiger partial charge in [-0.2, -0.15) is 0 Å². The number of carbonyl (C=O) groups is 1. The first-order valence-electron chi connectivity index (χ1n) is 9.01. The van der Waals surface area contributed by atoms with Crippen molar-refractivity contribution in [2.75, 3.05) is 13.2 Å². The van der Waals surface area contributed by atoms with Crippen molar-refractivity contribution in [1.29, 1.82) is 0 Å². The van der Waals surface area contributed by atoms with Crippen molar-refractivity contribution in [2.24, 2.45) is 0 Å². The largest absolute Gasteiger partial charge is 0.493 e. The number of rotatable bonds is 9. The normalized spacial score (nSPS) is 10.7. The van der Waals surface area contributed by atoms with Gasteiger partial charge in [-0.1, -0.05) is 12.6 Å². The van der Waals surface area contributed by atoms with E-state index >= 15 is 0 Å². The molecule has 2 rings (SSSR count). The van der Waals surface area contributed by atoms with Crippen LogP contribution in [0.5, 0.6) is 17.2 Å². The fourth-order valence-corrected chi connectivity index (χ4v) is 2.61. The number of aryl methyl sites for hydroxylation is 1. The summed E-state index contributed by atoms with van der Waals surface area (Å²) in [5.74, 6) is 2.57. The molecular formula is C23H26O4. The maximum Gasteiger partial charge on any atom is 0.185 e. The van der Waals surface area contributed by atoms with Crippen LogP contribution in [-0.4, -0.2) is 19.0 Å². The van der Waals surface area contributed by atoms with Gasteiger partial charge < -0.3 is 14.2 Å². The lowest BCUT2D eigenvalue weighted by Crippen LogP contribution is -2.01. The van der Waals surface area contributed by atoms with E-state index in [-0.39, 0.29) is 5.78 Å². The third-order valence-electron chi connectivity index (χ3n) is 3.77. The first kappa shape index (κ1) is 20.3. The van der Waals surface area contributed by atoms with E-state index in [1.165, 1.54) is 6.08 Å². The van der Waals surface area contributed by atoms with Gasteiger partial charge in [0.1, 0.15) is 17.2 Å². The lowest BCUT2D eigenvalue weighted by Gasteiger charge is -2.15. The molecule has 0 aliphatic rings. The molecule has 0 saturated heterocycles. The number of benzene rings is 2. The molecule has 27 heavy (non-hydrogen) atoms. The van der Waals surface area contributed by atoms with Crippen molar-refractivity contribution in [1.82, 2.24) is 0 Å². The maximum absolute atomic E-state index is 12.5. The lowest BCUT2D eigenvalue weighted by atomic mass is 10.1. The van der Waals surface area contributed by atoms with Crippen molar-refractivity contribution in [3.63, 3.8) is 0 Å². The quantitative estimate of drug-likeness (QED) is 0.329. The van der Waals surface area contributed by atoms with Crippen LogP contribution in [0.3, 0.4) is 0 Å². The molecule has 0 bridgehead atoms. The molecular weight excluding hydrogens is 340 g/mol. The van der Waals surface area contributed by atoms with Crippen LogP contribution in [0.1, 0.15) is 42.3 Å². The van der Waals surface area contributed by atoms with Gasteiger partial charge in [0.05, 0.1) is 24.5 Å². The average Bonchev–Trinajstić information content (AvgIpc) is 2.64. The molecule has 4 heteroatoms. The highest BCUT2D eigenvalue weighted by Gasteiger charge is 2.12. The molecule has 0 heterocycles. The summed E-state index contributed by atoms with van der Waals surface area (Å²) in [4.78, 5) is 12.5. The summed E-state index contributed by atoms with van der Waals surface area (Å²) in [6.07, 6.45) is 3.29. The highest BCUT2D eigenvalue weighted by atomic mass is 16.5. The predicted octanol–water partition coefficient (Wildman–Crippen LogP) is 5.60. The highest BCUT2D eigenvalue weighted by Crippen LogP contribution is 2.33. The van der Waals surface area contributed by atoms with Gasteiger partial charge in [0.15, 0.2) is 5.78 Å². The second kappa shape index (κ2) is 9.62. The van der Waals surface area contributed by atoms with E-state index in [0.717, 1.165) is 16.9 Å². The Hall–Kier alpha value is -3.01. The van der Waals surface area contributed by atoms with Gasteiger partial charge in [0.2, 0.25) is 0 Å². The van der Waals surface area contributed by atoms with E-state index in [4.69, 9.17) is 14.2 Å². The molecule has 0 saturated carbocycles. The molecule has 0 unspecified atom stereocenters. The number of hydrogen-bond donors (Lipinski definition) is 0. The minimum Gasteiger partial charge on any atom is -0.493 e. The zero-order valence-electron chi connectivity index (χ0n) is 16.4. The van der Waals surface area contributed by atoms with Crippen LogP contribution in [0.25, 0.3) is 6.08 Å². The summed E-state index contributed by atoms with van der Waals surface area (Å²) in [5, 5.41) is 0. The number of carbonyl (C=O) groups excluding carboxylic acids is 1. The molecule has 0 fully saturated rings.